The SMILES string of the molecule is COc1ncc(NC(=O)C(=O)N2C[C@@H](C)CC[C@@H]2c2ccc3sc([C@@H]4CCN(C)CC4(C)C)nc3c2)cc1C(N)=O. The van der Waals surface area contributed by atoms with Crippen molar-refractivity contribution in [2.75, 3.05) is 39.1 Å². The number of methoxy groups -OCH3 is 1. The fourth-order valence-electron chi connectivity index (χ4n) is 6.30. The van der Waals surface area contributed by atoms with Gasteiger partial charge in [-0.2, -0.15) is 0 Å². The van der Waals surface area contributed by atoms with Crippen LogP contribution in [-0.2, 0) is 9.59 Å². The van der Waals surface area contributed by atoms with Crippen LogP contribution in [0.25, 0.3) is 10.2 Å². The molecule has 2 aliphatic heterocycles. The summed E-state index contributed by atoms with van der Waals surface area (Å²) in [6, 6.07) is 7.37. The number of hydrogen-bond acceptors (Lipinski definition) is 8. The number of carbonyl (C=O) groups excluding carboxylic acids is 3. The molecular formula is C30H38N6O4S. The fourth-order valence-corrected chi connectivity index (χ4v) is 7.59. The summed E-state index contributed by atoms with van der Waals surface area (Å²) >= 11 is 1.76. The van der Waals surface area contributed by atoms with Crippen molar-refractivity contribution in [2.45, 2.75) is 52.0 Å². The lowest BCUT2D eigenvalue weighted by atomic mass is 9.74. The van der Waals surface area contributed by atoms with Crippen LogP contribution in [0.3, 0.4) is 0 Å². The smallest absolute Gasteiger partial charge is 0.313 e. The topological polar surface area (TPSA) is 131 Å². The van der Waals surface area contributed by atoms with Crippen molar-refractivity contribution in [1.82, 2.24) is 19.8 Å². The molecule has 0 bridgehead atoms. The van der Waals surface area contributed by atoms with Gasteiger partial charge in [0.1, 0.15) is 5.56 Å². The molecule has 0 saturated carbocycles. The molecular weight excluding hydrogens is 540 g/mol. The number of thiazole rings is 1. The molecule has 0 unspecified atom stereocenters. The molecule has 0 radical (unpaired) electrons. The molecule has 41 heavy (non-hydrogen) atoms. The Kier molecular flexibility index (Phi) is 8.02. The van der Waals surface area contributed by atoms with E-state index in [1.54, 1.807) is 16.2 Å². The lowest BCUT2D eigenvalue weighted by molar-refractivity contribution is -0.146. The zero-order chi connectivity index (χ0) is 29.5. The van der Waals surface area contributed by atoms with Crippen LogP contribution in [0.2, 0.25) is 0 Å². The lowest BCUT2D eigenvalue weighted by Gasteiger charge is -2.42. The van der Waals surface area contributed by atoms with Crippen molar-refractivity contribution in [2.24, 2.45) is 17.1 Å². The molecule has 3 atom stereocenters. The number of ether oxygens (including phenoxy) is 1. The number of pyridine rings is 1. The number of likely N-dealkylation sites (tertiary alicyclic amines) is 2. The van der Waals surface area contributed by atoms with Crippen LogP contribution >= 0.6 is 11.3 Å². The molecule has 1 aromatic carbocycles. The van der Waals surface area contributed by atoms with Gasteiger partial charge in [0.25, 0.3) is 5.91 Å². The van der Waals surface area contributed by atoms with Crippen molar-refractivity contribution in [3.8, 4) is 5.88 Å². The van der Waals surface area contributed by atoms with Crippen molar-refractivity contribution in [3.05, 3.63) is 46.6 Å². The molecule has 2 aliphatic rings. The average molecular weight is 579 g/mol. The van der Waals surface area contributed by atoms with Crippen LogP contribution in [0.4, 0.5) is 5.69 Å². The summed E-state index contributed by atoms with van der Waals surface area (Å²) in [4.78, 5) is 51.5. The molecule has 3 amide bonds. The highest BCUT2D eigenvalue weighted by Gasteiger charge is 2.38. The number of nitrogens with zero attached hydrogens (tertiary/aromatic N) is 4. The van der Waals surface area contributed by atoms with E-state index in [4.69, 9.17) is 15.5 Å². The molecule has 11 heteroatoms. The lowest BCUT2D eigenvalue weighted by Crippen LogP contribution is -2.46. The predicted octanol–water partition coefficient (Wildman–Crippen LogP) is 4.18. The number of nitrogens with two attached hydrogens (primary N) is 1. The Morgan fingerprint density at radius 3 is 2.66 bits per heavy atom. The highest BCUT2D eigenvalue weighted by atomic mass is 32.1. The minimum atomic E-state index is -0.798. The molecule has 2 fully saturated rings. The minimum absolute atomic E-state index is 0.0155. The Morgan fingerprint density at radius 1 is 1.17 bits per heavy atom. The highest BCUT2D eigenvalue weighted by molar-refractivity contribution is 7.18. The van der Waals surface area contributed by atoms with E-state index >= 15 is 0 Å². The zero-order valence-corrected chi connectivity index (χ0v) is 25.1. The van der Waals surface area contributed by atoms with Gasteiger partial charge >= 0.3 is 11.8 Å². The Labute approximate surface area is 244 Å². The van der Waals surface area contributed by atoms with Crippen LogP contribution in [-0.4, -0.2) is 71.3 Å². The van der Waals surface area contributed by atoms with E-state index < -0.39 is 17.7 Å². The monoisotopic (exact) mass is 578 g/mol. The van der Waals surface area contributed by atoms with Crippen LogP contribution in [0, 0.1) is 11.3 Å². The van der Waals surface area contributed by atoms with Gasteiger partial charge in [-0.25, -0.2) is 9.97 Å². The van der Waals surface area contributed by atoms with Crippen LogP contribution in [0.5, 0.6) is 5.88 Å². The summed E-state index contributed by atoms with van der Waals surface area (Å²) in [5.41, 5.74) is 7.67. The summed E-state index contributed by atoms with van der Waals surface area (Å²) in [5.74, 6) is -1.47. The molecule has 2 aromatic heterocycles. The second-order valence-corrected chi connectivity index (χ2v) is 13.2. The maximum atomic E-state index is 13.5. The van der Waals surface area contributed by atoms with E-state index in [0.717, 1.165) is 48.1 Å². The number of nitrogens with one attached hydrogen (secondary N) is 1. The summed E-state index contributed by atoms with van der Waals surface area (Å²) in [7, 11) is 3.54. The number of fused-ring (bicyclic) bond motifs is 1. The Hall–Kier alpha value is -3.57. The van der Waals surface area contributed by atoms with Gasteiger partial charge in [-0.15, -0.1) is 11.3 Å². The Morgan fingerprint density at radius 2 is 1.95 bits per heavy atom. The Bertz CT molecular complexity index is 1490. The van der Waals surface area contributed by atoms with Crippen LogP contribution < -0.4 is 15.8 Å². The molecule has 0 aliphatic carbocycles. The molecule has 2 saturated heterocycles. The molecule has 3 N–H and O–H groups in total. The Balaban J connectivity index is 1.38. The fraction of sp³-hybridized carbons (Fsp3) is 0.500. The van der Waals surface area contributed by atoms with Crippen molar-refractivity contribution < 1.29 is 19.1 Å². The predicted molar refractivity (Wildman–Crippen MR) is 159 cm³/mol. The van der Waals surface area contributed by atoms with E-state index in [-0.39, 0.29) is 34.5 Å². The van der Waals surface area contributed by atoms with E-state index in [1.807, 2.05) is 0 Å². The van der Waals surface area contributed by atoms with Gasteiger partial charge in [-0.1, -0.05) is 26.8 Å². The van der Waals surface area contributed by atoms with Gasteiger partial charge in [-0.3, -0.25) is 14.4 Å². The van der Waals surface area contributed by atoms with Crippen LogP contribution in [0.1, 0.15) is 72.9 Å². The summed E-state index contributed by atoms with van der Waals surface area (Å²) in [5, 5.41) is 3.75. The van der Waals surface area contributed by atoms with Crippen molar-refractivity contribution in [3.63, 3.8) is 0 Å². The number of benzene rings is 1. The summed E-state index contributed by atoms with van der Waals surface area (Å²) in [6.07, 6.45) is 4.11. The first-order valence-corrected chi connectivity index (χ1v) is 14.8. The number of aromatic nitrogens is 2. The number of piperidine rings is 2. The third-order valence-electron chi connectivity index (χ3n) is 8.37. The molecule has 0 spiro atoms. The molecule has 10 nitrogen and oxygen atoms in total. The first-order valence-electron chi connectivity index (χ1n) is 14.0. The number of primary amides is 1. The quantitative estimate of drug-likeness (QED) is 0.434. The van der Waals surface area contributed by atoms with Gasteiger partial charge in [0, 0.05) is 19.0 Å². The first kappa shape index (κ1) is 28.9. The number of anilines is 1. The number of amides is 3. The second kappa shape index (κ2) is 11.4. The first-order chi connectivity index (χ1) is 19.5. The third kappa shape index (κ3) is 5.92. The number of rotatable bonds is 5. The standard InChI is InChI=1S/C30H38N6O4S/c1-17-6-8-23(36(15-17)29(39)26(38)33-19-13-20(25(31)37)27(40-5)32-14-19)18-7-9-24-22(12-18)34-28(41-24)21-10-11-35(4)16-30(21,2)3/h7,9,12-14,17,21,23H,6,8,10-11,15-16H2,1-5H3,(H2,31,37)(H,33,38)/t17-,21-,23+/m0/s1. The number of hydrogen-bond donors (Lipinski definition) is 2. The van der Waals surface area contributed by atoms with Crippen molar-refractivity contribution >= 4 is 45.0 Å². The molecule has 3 aromatic rings. The maximum absolute atomic E-state index is 13.5. The minimum Gasteiger partial charge on any atom is -0.480 e. The van der Waals surface area contributed by atoms with E-state index in [0.29, 0.717) is 12.5 Å². The average Bonchev–Trinajstić information content (AvgIpc) is 3.34. The summed E-state index contributed by atoms with van der Waals surface area (Å²) < 4.78 is 6.19. The summed E-state index contributed by atoms with van der Waals surface area (Å²) in [6.45, 7) is 9.28. The van der Waals surface area contributed by atoms with Gasteiger partial charge in [0.05, 0.1) is 40.3 Å². The third-order valence-corrected chi connectivity index (χ3v) is 9.52. The van der Waals surface area contributed by atoms with Gasteiger partial charge in [0.2, 0.25) is 5.88 Å². The largest absolute Gasteiger partial charge is 0.480 e. The second-order valence-electron chi connectivity index (χ2n) is 12.1. The molecule has 4 heterocycles. The van der Waals surface area contributed by atoms with Gasteiger partial charge in [-0.05, 0) is 68.0 Å². The highest BCUT2D eigenvalue weighted by Crippen LogP contribution is 2.45. The van der Waals surface area contributed by atoms with Crippen molar-refractivity contribution in [1.29, 1.82) is 0 Å². The van der Waals surface area contributed by atoms with Crippen LogP contribution in [0.15, 0.2) is 30.5 Å². The normalized spacial score (nSPS) is 22.9. The van der Waals surface area contributed by atoms with E-state index in [1.165, 1.54) is 24.4 Å². The van der Waals surface area contributed by atoms with E-state index in [2.05, 4.69) is 61.2 Å². The maximum Gasteiger partial charge on any atom is 0.313 e. The van der Waals surface area contributed by atoms with Gasteiger partial charge < -0.3 is 25.6 Å². The molecule has 218 valence electrons. The van der Waals surface area contributed by atoms with Gasteiger partial charge in [0.15, 0.2) is 0 Å². The zero-order valence-electron chi connectivity index (χ0n) is 24.3. The molecule has 5 rings (SSSR count). The van der Waals surface area contributed by atoms with E-state index in [9.17, 15) is 14.4 Å². The number of carbonyl (C=O) groups is 3.